The number of carbonyl (C=O) groups is 1. The molecular weight excluding hydrogens is 336 g/mol. The van der Waals surface area contributed by atoms with Crippen molar-refractivity contribution < 1.29 is 13.2 Å². The molecule has 1 aliphatic heterocycles. The third-order valence-electron chi connectivity index (χ3n) is 4.86. The van der Waals surface area contributed by atoms with Gasteiger partial charge in [-0.05, 0) is 36.3 Å². The summed E-state index contributed by atoms with van der Waals surface area (Å²) in [4.78, 5) is 14.6. The minimum absolute atomic E-state index is 0.0666. The number of rotatable bonds is 5. The van der Waals surface area contributed by atoms with Crippen molar-refractivity contribution in [3.8, 4) is 0 Å². The number of para-hydroxylation sites is 1. The van der Waals surface area contributed by atoms with Gasteiger partial charge in [0.05, 0.1) is 11.5 Å². The van der Waals surface area contributed by atoms with Gasteiger partial charge in [-0.25, -0.2) is 13.2 Å². The summed E-state index contributed by atoms with van der Waals surface area (Å²) in [5.41, 5.74) is 3.08. The van der Waals surface area contributed by atoms with Crippen molar-refractivity contribution in [2.24, 2.45) is 0 Å². The van der Waals surface area contributed by atoms with Crippen LogP contribution in [0.5, 0.6) is 0 Å². The van der Waals surface area contributed by atoms with Crippen molar-refractivity contribution in [3.63, 3.8) is 0 Å². The molecule has 25 heavy (non-hydrogen) atoms. The van der Waals surface area contributed by atoms with Crippen molar-refractivity contribution in [2.75, 3.05) is 23.4 Å². The molecule has 0 saturated carbocycles. The van der Waals surface area contributed by atoms with Crippen molar-refractivity contribution >= 4 is 21.6 Å². The summed E-state index contributed by atoms with van der Waals surface area (Å²) in [5.74, 6) is 0.810. The second kappa shape index (κ2) is 7.77. The Morgan fingerprint density at radius 2 is 1.76 bits per heavy atom. The summed E-state index contributed by atoms with van der Waals surface area (Å²) in [7, 11) is -3.02. The maximum absolute atomic E-state index is 12.9. The van der Waals surface area contributed by atoms with Gasteiger partial charge >= 0.3 is 6.03 Å². The van der Waals surface area contributed by atoms with Gasteiger partial charge < -0.3 is 10.2 Å². The Kier molecular flexibility index (Phi) is 6.14. The van der Waals surface area contributed by atoms with Gasteiger partial charge in [0.2, 0.25) is 0 Å². The van der Waals surface area contributed by atoms with Crippen molar-refractivity contribution in [1.29, 1.82) is 0 Å². The first-order valence-electron chi connectivity index (χ1n) is 9.07. The lowest BCUT2D eigenvalue weighted by Crippen LogP contribution is -2.43. The zero-order valence-corrected chi connectivity index (χ0v) is 16.7. The quantitative estimate of drug-likeness (QED) is 0.857. The third-order valence-corrected chi connectivity index (χ3v) is 6.61. The smallest absolute Gasteiger partial charge is 0.321 e. The molecule has 2 amide bonds. The zero-order chi connectivity index (χ0) is 18.8. The Hall–Kier alpha value is -1.56. The average Bonchev–Trinajstić information content (AvgIpc) is 2.87. The molecule has 2 rings (SSSR count). The van der Waals surface area contributed by atoms with Crippen LogP contribution in [-0.4, -0.2) is 43.4 Å². The van der Waals surface area contributed by atoms with Crippen LogP contribution in [0.1, 0.15) is 64.0 Å². The van der Waals surface area contributed by atoms with Crippen LogP contribution in [0.4, 0.5) is 10.5 Å². The molecule has 1 aromatic rings. The number of hydrogen-bond donors (Lipinski definition) is 1. The number of amides is 2. The molecule has 1 atom stereocenters. The van der Waals surface area contributed by atoms with E-state index in [1.165, 1.54) is 0 Å². The molecule has 0 bridgehead atoms. The first-order valence-corrected chi connectivity index (χ1v) is 10.9. The highest BCUT2D eigenvalue weighted by molar-refractivity contribution is 7.91. The summed E-state index contributed by atoms with van der Waals surface area (Å²) in [6.45, 7) is 10.8. The van der Waals surface area contributed by atoms with Crippen LogP contribution >= 0.6 is 0 Å². The van der Waals surface area contributed by atoms with E-state index in [-0.39, 0.29) is 35.4 Å². The molecular formula is C19H30N2O3S. The Bertz CT molecular complexity index is 700. The van der Waals surface area contributed by atoms with Crippen LogP contribution in [0.15, 0.2) is 18.2 Å². The van der Waals surface area contributed by atoms with Crippen molar-refractivity contribution in [3.05, 3.63) is 29.3 Å². The second-order valence-corrected chi connectivity index (χ2v) is 9.62. The van der Waals surface area contributed by atoms with E-state index in [1.54, 1.807) is 4.90 Å². The highest BCUT2D eigenvalue weighted by Crippen LogP contribution is 2.33. The van der Waals surface area contributed by atoms with Gasteiger partial charge in [-0.1, -0.05) is 45.9 Å². The van der Waals surface area contributed by atoms with Crippen LogP contribution in [0.25, 0.3) is 0 Å². The number of nitrogens with one attached hydrogen (secondary N) is 1. The van der Waals surface area contributed by atoms with E-state index in [2.05, 4.69) is 33.0 Å². The number of carbonyl (C=O) groups excluding carboxylic acids is 1. The molecule has 0 aliphatic carbocycles. The highest BCUT2D eigenvalue weighted by Gasteiger charge is 2.34. The molecule has 1 saturated heterocycles. The van der Waals surface area contributed by atoms with Crippen LogP contribution < -0.4 is 5.32 Å². The van der Waals surface area contributed by atoms with E-state index in [0.717, 1.165) is 16.8 Å². The fourth-order valence-corrected chi connectivity index (χ4v) is 5.19. The molecule has 0 spiro atoms. The second-order valence-electron chi connectivity index (χ2n) is 7.39. The van der Waals surface area contributed by atoms with Gasteiger partial charge in [-0.2, -0.15) is 0 Å². The van der Waals surface area contributed by atoms with E-state index in [4.69, 9.17) is 0 Å². The zero-order valence-electron chi connectivity index (χ0n) is 15.9. The normalized spacial score (nSPS) is 19.4. The van der Waals surface area contributed by atoms with Crippen LogP contribution in [0, 0.1) is 0 Å². The predicted octanol–water partition coefficient (Wildman–Crippen LogP) is 3.97. The first kappa shape index (κ1) is 19.8. The molecule has 1 unspecified atom stereocenters. The molecule has 0 radical (unpaired) electrons. The topological polar surface area (TPSA) is 66.5 Å². The Balaban J connectivity index is 2.30. The lowest BCUT2D eigenvalue weighted by molar-refractivity contribution is 0.197. The number of hydrogen-bond acceptors (Lipinski definition) is 3. The van der Waals surface area contributed by atoms with Gasteiger partial charge in [0.1, 0.15) is 0 Å². The SMILES string of the molecule is CCN(C(=O)Nc1c(C(C)C)cccc1C(C)C)C1CCS(=O)(=O)C1. The Morgan fingerprint density at radius 3 is 2.16 bits per heavy atom. The molecule has 1 aliphatic rings. The molecule has 1 heterocycles. The molecule has 1 aromatic carbocycles. The predicted molar refractivity (Wildman–Crippen MR) is 103 cm³/mol. The maximum Gasteiger partial charge on any atom is 0.322 e. The number of anilines is 1. The highest BCUT2D eigenvalue weighted by atomic mass is 32.2. The minimum Gasteiger partial charge on any atom is -0.321 e. The van der Waals surface area contributed by atoms with E-state index >= 15 is 0 Å². The molecule has 0 aromatic heterocycles. The lowest BCUT2D eigenvalue weighted by Gasteiger charge is -2.29. The number of nitrogens with zero attached hydrogens (tertiary/aromatic N) is 1. The molecule has 1 fully saturated rings. The van der Waals surface area contributed by atoms with E-state index < -0.39 is 9.84 Å². The standard InChI is InChI=1S/C19H30N2O3S/c1-6-21(15-10-11-25(23,24)12-15)19(22)20-18-16(13(2)3)8-7-9-17(18)14(4)5/h7-9,13-15H,6,10-12H2,1-5H3,(H,20,22). The van der Waals surface area contributed by atoms with Crippen LogP contribution in [0.2, 0.25) is 0 Å². The van der Waals surface area contributed by atoms with E-state index in [0.29, 0.717) is 13.0 Å². The van der Waals surface area contributed by atoms with Crippen molar-refractivity contribution in [2.45, 2.75) is 58.9 Å². The average molecular weight is 367 g/mol. The molecule has 1 N–H and O–H groups in total. The van der Waals surface area contributed by atoms with Gasteiger partial charge in [-0.15, -0.1) is 0 Å². The van der Waals surface area contributed by atoms with Gasteiger partial charge in [0.25, 0.3) is 0 Å². The Labute approximate surface area is 151 Å². The fraction of sp³-hybridized carbons (Fsp3) is 0.632. The third kappa shape index (κ3) is 4.54. The Morgan fingerprint density at radius 1 is 1.20 bits per heavy atom. The van der Waals surface area contributed by atoms with Crippen LogP contribution in [0.3, 0.4) is 0 Å². The largest absolute Gasteiger partial charge is 0.322 e. The number of benzene rings is 1. The first-order chi connectivity index (χ1) is 11.7. The maximum atomic E-state index is 12.9. The summed E-state index contributed by atoms with van der Waals surface area (Å²) < 4.78 is 23.5. The minimum atomic E-state index is -3.02. The van der Waals surface area contributed by atoms with Crippen molar-refractivity contribution in [1.82, 2.24) is 4.90 Å². The number of sulfone groups is 1. The molecule has 5 nitrogen and oxygen atoms in total. The summed E-state index contributed by atoms with van der Waals surface area (Å²) in [6, 6.07) is 5.68. The monoisotopic (exact) mass is 366 g/mol. The fourth-order valence-electron chi connectivity index (χ4n) is 3.46. The van der Waals surface area contributed by atoms with E-state index in [9.17, 15) is 13.2 Å². The molecule has 140 valence electrons. The summed E-state index contributed by atoms with van der Waals surface area (Å²) in [6.07, 6.45) is 0.520. The van der Waals surface area contributed by atoms with Gasteiger partial charge in [-0.3, -0.25) is 0 Å². The number of urea groups is 1. The molecule has 6 heteroatoms. The lowest BCUT2D eigenvalue weighted by atomic mass is 9.93. The summed E-state index contributed by atoms with van der Waals surface area (Å²) in [5, 5.41) is 3.09. The summed E-state index contributed by atoms with van der Waals surface area (Å²) >= 11 is 0. The van der Waals surface area contributed by atoms with Gasteiger partial charge in [0.15, 0.2) is 9.84 Å². The van der Waals surface area contributed by atoms with Gasteiger partial charge in [0, 0.05) is 18.3 Å². The van der Waals surface area contributed by atoms with Crippen LogP contribution in [-0.2, 0) is 9.84 Å². The van der Waals surface area contributed by atoms with E-state index in [1.807, 2.05) is 25.1 Å².